The summed E-state index contributed by atoms with van der Waals surface area (Å²) in [6, 6.07) is 2.27. The Hall–Kier alpha value is -1.36. The summed E-state index contributed by atoms with van der Waals surface area (Å²) in [7, 11) is 0. The van der Waals surface area contributed by atoms with E-state index in [4.69, 9.17) is 4.74 Å². The summed E-state index contributed by atoms with van der Waals surface area (Å²) < 4.78 is 5.37. The van der Waals surface area contributed by atoms with Crippen LogP contribution in [0.1, 0.15) is 13.8 Å². The first-order valence-electron chi connectivity index (χ1n) is 5.73. The second-order valence-electron chi connectivity index (χ2n) is 3.93. The Morgan fingerprint density at radius 2 is 2.50 bits per heavy atom. The van der Waals surface area contributed by atoms with Gasteiger partial charge in [-0.15, -0.1) is 0 Å². The van der Waals surface area contributed by atoms with Gasteiger partial charge in [-0.25, -0.2) is 4.98 Å². The predicted octanol–water partition coefficient (Wildman–Crippen LogP) is 0.673. The van der Waals surface area contributed by atoms with Crippen LogP contribution in [-0.4, -0.2) is 42.3 Å². The smallest absolute Gasteiger partial charge is 0.228 e. The van der Waals surface area contributed by atoms with Gasteiger partial charge in [-0.05, 0) is 13.8 Å². The minimum Gasteiger partial charge on any atom is -0.478 e. The zero-order chi connectivity index (χ0) is 11.4. The Balaban J connectivity index is 2.09. The second kappa shape index (κ2) is 5.12. The van der Waals surface area contributed by atoms with E-state index in [0.717, 1.165) is 25.6 Å². The fourth-order valence-electron chi connectivity index (χ4n) is 1.83. The summed E-state index contributed by atoms with van der Waals surface area (Å²) in [5, 5.41) is 3.39. The lowest BCUT2D eigenvalue weighted by molar-refractivity contribution is 0.325. The first-order chi connectivity index (χ1) is 7.79. The van der Waals surface area contributed by atoms with Crippen molar-refractivity contribution >= 4 is 5.95 Å². The maximum atomic E-state index is 5.37. The van der Waals surface area contributed by atoms with Gasteiger partial charge in [-0.3, -0.25) is 0 Å². The number of ether oxygens (including phenoxy) is 1. The SMILES string of the molecule is CCOc1ccnc(N2CCNC(C)C2)n1. The molecule has 1 atom stereocenters. The van der Waals surface area contributed by atoms with E-state index >= 15 is 0 Å². The van der Waals surface area contributed by atoms with Crippen LogP contribution in [0.25, 0.3) is 0 Å². The van der Waals surface area contributed by atoms with Crippen LogP contribution in [0.2, 0.25) is 0 Å². The van der Waals surface area contributed by atoms with Gasteiger partial charge in [0.1, 0.15) is 0 Å². The number of anilines is 1. The van der Waals surface area contributed by atoms with E-state index in [9.17, 15) is 0 Å². The molecule has 0 bridgehead atoms. The lowest BCUT2D eigenvalue weighted by Crippen LogP contribution is -2.49. The highest BCUT2D eigenvalue weighted by atomic mass is 16.5. The molecule has 5 nitrogen and oxygen atoms in total. The average molecular weight is 222 g/mol. The summed E-state index contributed by atoms with van der Waals surface area (Å²) >= 11 is 0. The zero-order valence-corrected chi connectivity index (χ0v) is 9.81. The molecule has 2 heterocycles. The van der Waals surface area contributed by atoms with Gasteiger partial charge >= 0.3 is 0 Å². The van der Waals surface area contributed by atoms with E-state index in [1.807, 2.05) is 6.92 Å². The van der Waals surface area contributed by atoms with E-state index in [1.54, 1.807) is 12.3 Å². The van der Waals surface area contributed by atoms with E-state index < -0.39 is 0 Å². The summed E-state index contributed by atoms with van der Waals surface area (Å²) in [5.41, 5.74) is 0. The first kappa shape index (κ1) is 11.1. The molecule has 16 heavy (non-hydrogen) atoms. The van der Waals surface area contributed by atoms with Crippen molar-refractivity contribution in [3.8, 4) is 5.88 Å². The van der Waals surface area contributed by atoms with E-state index in [1.165, 1.54) is 0 Å². The maximum absolute atomic E-state index is 5.37. The maximum Gasteiger partial charge on any atom is 0.228 e. The van der Waals surface area contributed by atoms with Gasteiger partial charge in [-0.1, -0.05) is 0 Å². The Morgan fingerprint density at radius 1 is 1.62 bits per heavy atom. The number of aromatic nitrogens is 2. The van der Waals surface area contributed by atoms with Crippen molar-refractivity contribution in [1.29, 1.82) is 0 Å². The lowest BCUT2D eigenvalue weighted by atomic mass is 10.2. The molecule has 0 spiro atoms. The summed E-state index contributed by atoms with van der Waals surface area (Å²) in [4.78, 5) is 10.9. The van der Waals surface area contributed by atoms with Gasteiger partial charge in [0.25, 0.3) is 0 Å². The number of nitrogens with one attached hydrogen (secondary N) is 1. The van der Waals surface area contributed by atoms with Gasteiger partial charge < -0.3 is 15.0 Å². The Bertz CT molecular complexity index is 345. The normalized spacial score (nSPS) is 20.9. The highest BCUT2D eigenvalue weighted by Crippen LogP contribution is 2.14. The summed E-state index contributed by atoms with van der Waals surface area (Å²) in [6.45, 7) is 7.61. The van der Waals surface area contributed by atoms with Gasteiger partial charge in [0, 0.05) is 37.9 Å². The van der Waals surface area contributed by atoms with Gasteiger partial charge in [0.2, 0.25) is 11.8 Å². The molecule has 0 aromatic carbocycles. The van der Waals surface area contributed by atoms with Crippen molar-refractivity contribution in [2.45, 2.75) is 19.9 Å². The molecule has 0 radical (unpaired) electrons. The number of hydrogen-bond donors (Lipinski definition) is 1. The minimum atomic E-state index is 0.480. The molecule has 1 aromatic rings. The molecule has 2 rings (SSSR count). The largest absolute Gasteiger partial charge is 0.478 e. The van der Waals surface area contributed by atoms with E-state index in [2.05, 4.69) is 27.1 Å². The number of rotatable bonds is 3. The Labute approximate surface area is 95.8 Å². The molecule has 0 aliphatic carbocycles. The van der Waals surface area contributed by atoms with Crippen molar-refractivity contribution in [1.82, 2.24) is 15.3 Å². The van der Waals surface area contributed by atoms with Crippen LogP contribution in [0.15, 0.2) is 12.3 Å². The van der Waals surface area contributed by atoms with Crippen LogP contribution >= 0.6 is 0 Å². The van der Waals surface area contributed by atoms with Crippen LogP contribution in [0.5, 0.6) is 5.88 Å². The molecule has 0 amide bonds. The van der Waals surface area contributed by atoms with Crippen LogP contribution in [0, 0.1) is 0 Å². The van der Waals surface area contributed by atoms with E-state index in [-0.39, 0.29) is 0 Å². The molecule has 1 N–H and O–H groups in total. The van der Waals surface area contributed by atoms with Crippen LogP contribution < -0.4 is 15.0 Å². The van der Waals surface area contributed by atoms with Crippen molar-refractivity contribution < 1.29 is 4.74 Å². The fourth-order valence-corrected chi connectivity index (χ4v) is 1.83. The third kappa shape index (κ3) is 2.61. The molecule has 1 aromatic heterocycles. The van der Waals surface area contributed by atoms with Crippen LogP contribution in [-0.2, 0) is 0 Å². The summed E-state index contributed by atoms with van der Waals surface area (Å²) in [6.07, 6.45) is 1.75. The predicted molar refractivity (Wildman–Crippen MR) is 62.9 cm³/mol. The molecule has 5 heteroatoms. The highest BCUT2D eigenvalue weighted by molar-refractivity contribution is 5.33. The quantitative estimate of drug-likeness (QED) is 0.814. The summed E-state index contributed by atoms with van der Waals surface area (Å²) in [5.74, 6) is 1.41. The second-order valence-corrected chi connectivity index (χ2v) is 3.93. The molecule has 1 aliphatic heterocycles. The highest BCUT2D eigenvalue weighted by Gasteiger charge is 2.18. The van der Waals surface area contributed by atoms with Crippen molar-refractivity contribution in [2.24, 2.45) is 0 Å². The minimum absolute atomic E-state index is 0.480. The number of piperazine rings is 1. The topological polar surface area (TPSA) is 50.3 Å². The van der Waals surface area contributed by atoms with Gasteiger partial charge in [0.05, 0.1) is 6.61 Å². The monoisotopic (exact) mass is 222 g/mol. The molecule has 1 unspecified atom stereocenters. The third-order valence-electron chi connectivity index (χ3n) is 2.56. The Morgan fingerprint density at radius 3 is 3.25 bits per heavy atom. The first-order valence-corrected chi connectivity index (χ1v) is 5.73. The molecule has 0 saturated carbocycles. The Kier molecular flexibility index (Phi) is 3.56. The molecule has 1 aliphatic rings. The van der Waals surface area contributed by atoms with E-state index in [0.29, 0.717) is 18.5 Å². The van der Waals surface area contributed by atoms with Crippen molar-refractivity contribution in [3.05, 3.63) is 12.3 Å². The zero-order valence-electron chi connectivity index (χ0n) is 9.81. The van der Waals surface area contributed by atoms with Crippen molar-refractivity contribution in [2.75, 3.05) is 31.1 Å². The number of nitrogens with zero attached hydrogens (tertiary/aromatic N) is 3. The average Bonchev–Trinajstić information content (AvgIpc) is 2.30. The van der Waals surface area contributed by atoms with Crippen molar-refractivity contribution in [3.63, 3.8) is 0 Å². The third-order valence-corrected chi connectivity index (χ3v) is 2.56. The molecular formula is C11H18N4O. The molecule has 1 saturated heterocycles. The standard InChI is InChI=1S/C11H18N4O/c1-3-16-10-4-5-13-11(14-10)15-7-6-12-9(2)8-15/h4-5,9,12H,3,6-8H2,1-2H3. The molecule has 88 valence electrons. The van der Waals surface area contributed by atoms with Gasteiger partial charge in [0.15, 0.2) is 0 Å². The number of hydrogen-bond acceptors (Lipinski definition) is 5. The van der Waals surface area contributed by atoms with Gasteiger partial charge in [-0.2, -0.15) is 4.98 Å². The lowest BCUT2D eigenvalue weighted by Gasteiger charge is -2.31. The van der Waals surface area contributed by atoms with Crippen LogP contribution in [0.3, 0.4) is 0 Å². The fraction of sp³-hybridized carbons (Fsp3) is 0.636. The molecular weight excluding hydrogens is 204 g/mol. The molecule has 1 fully saturated rings. The van der Waals surface area contributed by atoms with Crippen LogP contribution in [0.4, 0.5) is 5.95 Å².